The summed E-state index contributed by atoms with van der Waals surface area (Å²) in [4.78, 5) is 17.0. The van der Waals surface area contributed by atoms with E-state index < -0.39 is 10.0 Å². The van der Waals surface area contributed by atoms with Crippen molar-refractivity contribution in [3.05, 3.63) is 50.7 Å². The Morgan fingerprint density at radius 1 is 1.07 bits per heavy atom. The molecule has 0 spiro atoms. The Hall–Kier alpha value is -1.70. The molecule has 0 atom stereocenters. The zero-order valence-corrected chi connectivity index (χ0v) is 18.0. The first-order valence-corrected chi connectivity index (χ1v) is 12.2. The molecule has 0 saturated carbocycles. The minimum absolute atomic E-state index is 0.0161. The molecule has 1 saturated heterocycles. The Morgan fingerprint density at radius 3 is 2.46 bits per heavy atom. The molecule has 2 heterocycles. The average Bonchev–Trinajstić information content (AvgIpc) is 3.33. The van der Waals surface area contributed by atoms with Crippen molar-refractivity contribution in [3.8, 4) is 0 Å². The summed E-state index contributed by atoms with van der Waals surface area (Å²) in [5.41, 5.74) is 3.59. The van der Waals surface area contributed by atoms with Crippen molar-refractivity contribution in [2.24, 2.45) is 0 Å². The second-order valence-electron chi connectivity index (χ2n) is 7.55. The van der Waals surface area contributed by atoms with Gasteiger partial charge in [0.1, 0.15) is 0 Å². The summed E-state index contributed by atoms with van der Waals surface area (Å²) in [6.45, 7) is 5.68. The van der Waals surface area contributed by atoms with Gasteiger partial charge in [-0.15, -0.1) is 11.3 Å². The van der Waals surface area contributed by atoms with Gasteiger partial charge in [0.05, 0.1) is 9.77 Å². The molecule has 1 amide bonds. The van der Waals surface area contributed by atoms with E-state index in [0.717, 1.165) is 41.7 Å². The van der Waals surface area contributed by atoms with E-state index in [2.05, 4.69) is 6.92 Å². The first kappa shape index (κ1) is 19.6. The number of amides is 1. The van der Waals surface area contributed by atoms with Crippen molar-refractivity contribution in [2.45, 2.75) is 44.4 Å². The van der Waals surface area contributed by atoms with E-state index in [0.29, 0.717) is 31.1 Å². The van der Waals surface area contributed by atoms with E-state index >= 15 is 0 Å². The first-order valence-electron chi connectivity index (χ1n) is 9.90. The number of benzene rings is 1. The fourth-order valence-corrected chi connectivity index (χ4v) is 6.68. The van der Waals surface area contributed by atoms with Crippen LogP contribution in [0, 0.1) is 6.92 Å². The van der Waals surface area contributed by atoms with E-state index in [4.69, 9.17) is 0 Å². The summed E-state index contributed by atoms with van der Waals surface area (Å²) >= 11 is 1.55. The summed E-state index contributed by atoms with van der Waals surface area (Å²) in [5.74, 6) is 0.0161. The largest absolute Gasteiger partial charge is 0.335 e. The number of rotatable bonds is 4. The van der Waals surface area contributed by atoms with Crippen LogP contribution in [-0.4, -0.2) is 49.7 Å². The summed E-state index contributed by atoms with van der Waals surface area (Å²) < 4.78 is 27.6. The molecule has 1 aliphatic heterocycles. The maximum atomic E-state index is 13.0. The smallest absolute Gasteiger partial charge is 0.264 e. The van der Waals surface area contributed by atoms with Crippen molar-refractivity contribution in [1.29, 1.82) is 0 Å². The van der Waals surface area contributed by atoms with Crippen molar-refractivity contribution in [3.63, 3.8) is 0 Å². The van der Waals surface area contributed by atoms with Crippen LogP contribution in [0.4, 0.5) is 0 Å². The molecule has 0 bridgehead atoms. The standard InChI is InChI=1S/C21H26N2O3S2/c1-3-19-15(2)13-20(27-19)21(24)22-9-11-23(12-10-22)28(25,26)18-8-7-16-5-4-6-17(16)14-18/h7-8,13-14H,3-6,9-12H2,1-2H3. The Morgan fingerprint density at radius 2 is 1.79 bits per heavy atom. The van der Waals surface area contributed by atoms with Gasteiger partial charge >= 0.3 is 0 Å². The third kappa shape index (κ3) is 3.51. The molecular formula is C21H26N2O3S2. The minimum atomic E-state index is -3.51. The molecule has 0 radical (unpaired) electrons. The van der Waals surface area contributed by atoms with Gasteiger partial charge in [-0.05, 0) is 67.5 Å². The number of carbonyl (C=O) groups is 1. The SMILES string of the molecule is CCc1sc(C(=O)N2CCN(S(=O)(=O)c3ccc4c(c3)CCC4)CC2)cc1C. The average molecular weight is 419 g/mol. The number of hydrogen-bond donors (Lipinski definition) is 0. The summed E-state index contributed by atoms with van der Waals surface area (Å²) in [7, 11) is -3.51. The van der Waals surface area contributed by atoms with Crippen LogP contribution in [0.25, 0.3) is 0 Å². The summed E-state index contributed by atoms with van der Waals surface area (Å²) in [5, 5.41) is 0. The van der Waals surface area contributed by atoms with Crippen LogP contribution in [0.5, 0.6) is 0 Å². The highest BCUT2D eigenvalue weighted by Gasteiger charge is 2.31. The number of hydrogen-bond acceptors (Lipinski definition) is 4. The molecule has 0 N–H and O–H groups in total. The van der Waals surface area contributed by atoms with Crippen LogP contribution in [0.2, 0.25) is 0 Å². The van der Waals surface area contributed by atoms with Gasteiger partial charge in [0.15, 0.2) is 0 Å². The molecular weight excluding hydrogens is 392 g/mol. The van der Waals surface area contributed by atoms with Crippen LogP contribution < -0.4 is 0 Å². The molecule has 0 unspecified atom stereocenters. The molecule has 2 aliphatic rings. The normalized spacial score (nSPS) is 17.7. The molecule has 1 aliphatic carbocycles. The van der Waals surface area contributed by atoms with Crippen molar-refractivity contribution in [1.82, 2.24) is 9.21 Å². The Bertz CT molecular complexity index is 1000. The highest BCUT2D eigenvalue weighted by Crippen LogP contribution is 2.28. The molecule has 1 fully saturated rings. The minimum Gasteiger partial charge on any atom is -0.335 e. The van der Waals surface area contributed by atoms with Gasteiger partial charge in [0.25, 0.3) is 5.91 Å². The zero-order chi connectivity index (χ0) is 19.9. The van der Waals surface area contributed by atoms with Crippen LogP contribution in [-0.2, 0) is 29.3 Å². The Kier molecular flexibility index (Phi) is 5.33. The van der Waals surface area contributed by atoms with E-state index in [9.17, 15) is 13.2 Å². The summed E-state index contributed by atoms with van der Waals surface area (Å²) in [6, 6.07) is 7.49. The Labute approximate surface area is 171 Å². The Balaban J connectivity index is 1.45. The fraction of sp³-hybridized carbons (Fsp3) is 0.476. The van der Waals surface area contributed by atoms with E-state index in [1.165, 1.54) is 14.7 Å². The lowest BCUT2D eigenvalue weighted by molar-refractivity contribution is 0.0702. The number of aryl methyl sites for hydroxylation is 4. The lowest BCUT2D eigenvalue weighted by Gasteiger charge is -2.33. The topological polar surface area (TPSA) is 57.7 Å². The molecule has 5 nitrogen and oxygen atoms in total. The summed E-state index contributed by atoms with van der Waals surface area (Å²) in [6.07, 6.45) is 4.03. The van der Waals surface area contributed by atoms with Crippen molar-refractivity contribution < 1.29 is 13.2 Å². The molecule has 150 valence electrons. The van der Waals surface area contributed by atoms with Gasteiger partial charge in [0, 0.05) is 31.1 Å². The van der Waals surface area contributed by atoms with Crippen LogP contribution >= 0.6 is 11.3 Å². The molecule has 2 aromatic rings. The number of thiophene rings is 1. The third-order valence-corrected chi connectivity index (χ3v) is 9.05. The predicted octanol–water partition coefficient (Wildman–Crippen LogP) is 3.25. The second kappa shape index (κ2) is 7.61. The number of piperazine rings is 1. The molecule has 7 heteroatoms. The number of fused-ring (bicyclic) bond motifs is 1. The van der Waals surface area contributed by atoms with Gasteiger partial charge < -0.3 is 4.90 Å². The fourth-order valence-electron chi connectivity index (χ4n) is 4.12. The van der Waals surface area contributed by atoms with Gasteiger partial charge in [-0.3, -0.25) is 4.79 Å². The van der Waals surface area contributed by atoms with Crippen molar-refractivity contribution >= 4 is 27.3 Å². The van der Waals surface area contributed by atoms with E-state index in [-0.39, 0.29) is 5.91 Å². The third-order valence-electron chi connectivity index (χ3n) is 5.79. The number of nitrogens with zero attached hydrogens (tertiary/aromatic N) is 2. The van der Waals surface area contributed by atoms with Crippen molar-refractivity contribution in [2.75, 3.05) is 26.2 Å². The van der Waals surface area contributed by atoms with Crippen LogP contribution in [0.1, 0.15) is 44.6 Å². The molecule has 1 aromatic heterocycles. The van der Waals surface area contributed by atoms with Gasteiger partial charge in [-0.25, -0.2) is 8.42 Å². The van der Waals surface area contributed by atoms with Gasteiger partial charge in [0.2, 0.25) is 10.0 Å². The lowest BCUT2D eigenvalue weighted by Crippen LogP contribution is -2.50. The predicted molar refractivity (Wildman–Crippen MR) is 112 cm³/mol. The monoisotopic (exact) mass is 418 g/mol. The number of sulfonamides is 1. The van der Waals surface area contributed by atoms with Gasteiger partial charge in [-0.1, -0.05) is 13.0 Å². The highest BCUT2D eigenvalue weighted by molar-refractivity contribution is 7.89. The molecule has 4 rings (SSSR count). The maximum absolute atomic E-state index is 13.0. The van der Waals surface area contributed by atoms with Crippen LogP contribution in [0.3, 0.4) is 0 Å². The molecule has 1 aromatic carbocycles. The quantitative estimate of drug-likeness (QED) is 0.766. The second-order valence-corrected chi connectivity index (χ2v) is 10.6. The number of carbonyl (C=O) groups excluding carboxylic acids is 1. The van der Waals surface area contributed by atoms with E-state index in [1.807, 2.05) is 25.1 Å². The van der Waals surface area contributed by atoms with Gasteiger partial charge in [-0.2, -0.15) is 4.31 Å². The first-order chi connectivity index (χ1) is 13.4. The van der Waals surface area contributed by atoms with Crippen LogP contribution in [0.15, 0.2) is 29.2 Å². The highest BCUT2D eigenvalue weighted by atomic mass is 32.2. The maximum Gasteiger partial charge on any atom is 0.264 e. The lowest BCUT2D eigenvalue weighted by atomic mass is 10.1. The zero-order valence-electron chi connectivity index (χ0n) is 16.4. The van der Waals surface area contributed by atoms with E-state index in [1.54, 1.807) is 22.3 Å². The molecule has 28 heavy (non-hydrogen) atoms.